The van der Waals surface area contributed by atoms with E-state index in [1.54, 1.807) is 42.0 Å². The van der Waals surface area contributed by atoms with Crippen LogP contribution in [0.1, 0.15) is 21.5 Å². The van der Waals surface area contributed by atoms with Crippen LogP contribution in [0.4, 0.5) is 5.69 Å². The van der Waals surface area contributed by atoms with Crippen molar-refractivity contribution in [3.63, 3.8) is 0 Å². The highest BCUT2D eigenvalue weighted by molar-refractivity contribution is 7.98. The fourth-order valence-corrected chi connectivity index (χ4v) is 4.54. The minimum Gasteiger partial charge on any atom is -0.383 e. The van der Waals surface area contributed by atoms with E-state index < -0.39 is 4.92 Å². The number of nitrogens with zero attached hydrogens (tertiary/aromatic N) is 3. The lowest BCUT2D eigenvalue weighted by Crippen LogP contribution is -2.27. The number of nitro benzene ring substituents is 1. The minimum absolute atomic E-state index is 0.0184. The van der Waals surface area contributed by atoms with E-state index in [2.05, 4.69) is 5.32 Å². The van der Waals surface area contributed by atoms with Crippen molar-refractivity contribution in [1.82, 2.24) is 14.9 Å². The lowest BCUT2D eigenvalue weighted by Gasteiger charge is -2.14. The monoisotopic (exact) mass is 504 g/mol. The molecule has 1 heterocycles. The zero-order chi connectivity index (χ0) is 25.5. The van der Waals surface area contributed by atoms with E-state index in [1.165, 1.54) is 23.9 Å². The number of thioether (sulfide) groups is 1. The highest BCUT2D eigenvalue weighted by atomic mass is 32.2. The number of non-ortho nitro benzene ring substituents is 1. The quantitative estimate of drug-likeness (QED) is 0.114. The Kier molecular flexibility index (Phi) is 8.09. The molecule has 1 aromatic heterocycles. The van der Waals surface area contributed by atoms with Crippen LogP contribution in [0.15, 0.2) is 82.7 Å². The molecular weight excluding hydrogens is 480 g/mol. The summed E-state index contributed by atoms with van der Waals surface area (Å²) in [5, 5.41) is 14.6. The SMILES string of the molecule is COCCNC(=O)c1ccc2c(=O)n(Cc3ccccc3)c(SCc3ccc([N+](=O)[O-])cc3)nc2c1. The summed E-state index contributed by atoms with van der Waals surface area (Å²) in [5.74, 6) is 0.186. The third-order valence-corrected chi connectivity index (χ3v) is 6.52. The lowest BCUT2D eigenvalue weighted by molar-refractivity contribution is -0.384. The van der Waals surface area contributed by atoms with Crippen LogP contribution in [-0.2, 0) is 17.0 Å². The summed E-state index contributed by atoms with van der Waals surface area (Å²) in [6, 6.07) is 20.7. The van der Waals surface area contributed by atoms with Gasteiger partial charge in [0.25, 0.3) is 17.2 Å². The molecule has 36 heavy (non-hydrogen) atoms. The first-order valence-corrected chi connectivity index (χ1v) is 12.2. The molecular formula is C26H24N4O5S. The van der Waals surface area contributed by atoms with E-state index >= 15 is 0 Å². The molecule has 0 saturated carbocycles. The molecule has 0 unspecified atom stereocenters. The van der Waals surface area contributed by atoms with Crippen LogP contribution in [-0.4, -0.2) is 40.6 Å². The summed E-state index contributed by atoms with van der Waals surface area (Å²) in [4.78, 5) is 41.2. The van der Waals surface area contributed by atoms with Gasteiger partial charge in [0.2, 0.25) is 0 Å². The minimum atomic E-state index is -0.442. The van der Waals surface area contributed by atoms with Crippen molar-refractivity contribution < 1.29 is 14.5 Å². The standard InChI is InChI=1S/C26H24N4O5S/c1-35-14-13-27-24(31)20-9-12-22-23(15-20)28-26(29(25(22)32)16-18-5-3-2-4-6-18)36-17-19-7-10-21(11-8-19)30(33)34/h2-12,15H,13-14,16-17H2,1H3,(H,27,31). The second kappa shape index (κ2) is 11.6. The van der Waals surface area contributed by atoms with Crippen molar-refractivity contribution in [3.8, 4) is 0 Å². The molecule has 10 heteroatoms. The number of fused-ring (bicyclic) bond motifs is 1. The molecule has 1 N–H and O–H groups in total. The Morgan fingerprint density at radius 2 is 1.83 bits per heavy atom. The molecule has 0 radical (unpaired) electrons. The number of carbonyl (C=O) groups excluding carboxylic acids is 1. The third-order valence-electron chi connectivity index (χ3n) is 5.47. The van der Waals surface area contributed by atoms with E-state index in [4.69, 9.17) is 9.72 Å². The highest BCUT2D eigenvalue weighted by Gasteiger charge is 2.15. The summed E-state index contributed by atoms with van der Waals surface area (Å²) in [5.41, 5.74) is 2.45. The van der Waals surface area contributed by atoms with Crippen molar-refractivity contribution in [2.24, 2.45) is 0 Å². The molecule has 9 nitrogen and oxygen atoms in total. The highest BCUT2D eigenvalue weighted by Crippen LogP contribution is 2.24. The average Bonchev–Trinajstić information content (AvgIpc) is 2.90. The summed E-state index contributed by atoms with van der Waals surface area (Å²) < 4.78 is 6.58. The molecule has 0 aliphatic heterocycles. The van der Waals surface area contributed by atoms with Crippen molar-refractivity contribution >= 4 is 34.3 Å². The number of nitrogens with one attached hydrogen (secondary N) is 1. The maximum Gasteiger partial charge on any atom is 0.269 e. The molecule has 4 rings (SSSR count). The van der Waals surface area contributed by atoms with Crippen LogP contribution in [0, 0.1) is 10.1 Å². The van der Waals surface area contributed by atoms with Crippen LogP contribution in [0.25, 0.3) is 10.9 Å². The summed E-state index contributed by atoms with van der Waals surface area (Å²) in [7, 11) is 1.56. The first-order valence-electron chi connectivity index (χ1n) is 11.2. The van der Waals surface area contributed by atoms with Gasteiger partial charge in [-0.15, -0.1) is 0 Å². The Balaban J connectivity index is 1.69. The molecule has 3 aromatic carbocycles. The Hall–Kier alpha value is -4.02. The van der Waals surface area contributed by atoms with Crippen LogP contribution in [0.5, 0.6) is 0 Å². The van der Waals surface area contributed by atoms with Crippen LogP contribution < -0.4 is 10.9 Å². The first-order chi connectivity index (χ1) is 17.5. The van der Waals surface area contributed by atoms with Crippen LogP contribution in [0.3, 0.4) is 0 Å². The Morgan fingerprint density at radius 1 is 1.08 bits per heavy atom. The number of benzene rings is 3. The van der Waals surface area contributed by atoms with Gasteiger partial charge in [0.05, 0.1) is 29.0 Å². The largest absolute Gasteiger partial charge is 0.383 e. The molecule has 0 spiro atoms. The molecule has 0 aliphatic carbocycles. The normalized spacial score (nSPS) is 10.9. The van der Waals surface area contributed by atoms with E-state index in [1.807, 2.05) is 30.3 Å². The maximum absolute atomic E-state index is 13.5. The average molecular weight is 505 g/mol. The van der Waals surface area contributed by atoms with Gasteiger partial charge in [0.15, 0.2) is 5.16 Å². The fourth-order valence-electron chi connectivity index (χ4n) is 3.59. The molecule has 0 aliphatic rings. The number of amides is 1. The molecule has 184 valence electrons. The zero-order valence-corrected chi connectivity index (χ0v) is 20.4. The van der Waals surface area contributed by atoms with Gasteiger partial charge in [-0.05, 0) is 29.3 Å². The van der Waals surface area contributed by atoms with Gasteiger partial charge >= 0.3 is 0 Å². The number of carbonyl (C=O) groups is 1. The third kappa shape index (κ3) is 5.96. The first kappa shape index (κ1) is 25.1. The Bertz CT molecular complexity index is 1440. The van der Waals surface area contributed by atoms with Crippen LogP contribution >= 0.6 is 11.8 Å². The number of hydrogen-bond donors (Lipinski definition) is 1. The second-order valence-electron chi connectivity index (χ2n) is 7.96. The molecule has 0 atom stereocenters. The Morgan fingerprint density at radius 3 is 2.53 bits per heavy atom. The van der Waals surface area contributed by atoms with Gasteiger partial charge in [-0.2, -0.15) is 0 Å². The van der Waals surface area contributed by atoms with Crippen LogP contribution in [0.2, 0.25) is 0 Å². The van der Waals surface area contributed by atoms with Gasteiger partial charge in [-0.3, -0.25) is 24.3 Å². The smallest absolute Gasteiger partial charge is 0.269 e. The number of hydrogen-bond acceptors (Lipinski definition) is 7. The summed E-state index contributed by atoms with van der Waals surface area (Å²) in [6.45, 7) is 1.10. The lowest BCUT2D eigenvalue weighted by atomic mass is 10.1. The van der Waals surface area contributed by atoms with Crippen molar-refractivity contribution in [1.29, 1.82) is 0 Å². The van der Waals surface area contributed by atoms with E-state index in [0.29, 0.717) is 47.1 Å². The molecule has 4 aromatic rings. The maximum atomic E-state index is 13.5. The summed E-state index contributed by atoms with van der Waals surface area (Å²) >= 11 is 1.36. The van der Waals surface area contributed by atoms with Gasteiger partial charge in [-0.25, -0.2) is 4.98 Å². The number of nitro groups is 1. The van der Waals surface area contributed by atoms with E-state index in [-0.39, 0.29) is 17.2 Å². The van der Waals surface area contributed by atoms with Crippen molar-refractivity contribution in [2.75, 3.05) is 20.3 Å². The predicted molar refractivity (Wildman–Crippen MR) is 138 cm³/mol. The zero-order valence-electron chi connectivity index (χ0n) is 19.5. The second-order valence-corrected chi connectivity index (χ2v) is 8.91. The number of methoxy groups -OCH3 is 1. The van der Waals surface area contributed by atoms with E-state index in [0.717, 1.165) is 11.1 Å². The van der Waals surface area contributed by atoms with E-state index in [9.17, 15) is 19.7 Å². The topological polar surface area (TPSA) is 116 Å². The number of rotatable bonds is 10. The number of ether oxygens (including phenoxy) is 1. The number of aromatic nitrogens is 2. The summed E-state index contributed by atoms with van der Waals surface area (Å²) in [6.07, 6.45) is 0. The fraction of sp³-hybridized carbons (Fsp3) is 0.192. The van der Waals surface area contributed by atoms with Gasteiger partial charge < -0.3 is 10.1 Å². The molecule has 1 amide bonds. The molecule has 0 bridgehead atoms. The predicted octanol–water partition coefficient (Wildman–Crippen LogP) is 4.02. The van der Waals surface area contributed by atoms with Crippen molar-refractivity contribution in [2.45, 2.75) is 17.5 Å². The van der Waals surface area contributed by atoms with Gasteiger partial charge in [0.1, 0.15) is 0 Å². The molecule has 0 fully saturated rings. The van der Waals surface area contributed by atoms with Crippen molar-refractivity contribution in [3.05, 3.63) is 110 Å². The van der Waals surface area contributed by atoms with Gasteiger partial charge in [0, 0.05) is 37.1 Å². The van der Waals surface area contributed by atoms with Gasteiger partial charge in [-0.1, -0.05) is 54.2 Å². The Labute approximate surface area is 211 Å². The molecule has 0 saturated heterocycles.